The molecule has 76 valence electrons. The fourth-order valence-electron chi connectivity index (χ4n) is 0.919. The van der Waals surface area contributed by atoms with E-state index in [0.717, 1.165) is 0 Å². The third-order valence-corrected chi connectivity index (χ3v) is 2.17. The lowest BCUT2D eigenvalue weighted by atomic mass is 10.4. The number of anilines is 1. The van der Waals surface area contributed by atoms with Gasteiger partial charge in [-0.2, -0.15) is 5.10 Å². The van der Waals surface area contributed by atoms with E-state index in [4.69, 9.17) is 0 Å². The van der Waals surface area contributed by atoms with Crippen LogP contribution in [0.5, 0.6) is 0 Å². The van der Waals surface area contributed by atoms with Crippen molar-refractivity contribution in [2.24, 2.45) is 0 Å². The highest BCUT2D eigenvalue weighted by molar-refractivity contribution is 7.07. The van der Waals surface area contributed by atoms with E-state index in [-0.39, 0.29) is 17.3 Å². The van der Waals surface area contributed by atoms with Crippen LogP contribution in [0.4, 0.5) is 5.82 Å². The van der Waals surface area contributed by atoms with Crippen molar-refractivity contribution >= 4 is 23.1 Å². The number of rotatable bonds is 2. The average Bonchev–Trinajstić information content (AvgIpc) is 2.74. The molecule has 1 amide bonds. The van der Waals surface area contributed by atoms with E-state index < -0.39 is 0 Å². The van der Waals surface area contributed by atoms with Gasteiger partial charge in [0.05, 0.1) is 5.51 Å². The zero-order chi connectivity index (χ0) is 10.7. The van der Waals surface area contributed by atoms with Gasteiger partial charge in [-0.3, -0.25) is 9.59 Å². The molecule has 7 heteroatoms. The van der Waals surface area contributed by atoms with E-state index >= 15 is 0 Å². The van der Waals surface area contributed by atoms with Crippen LogP contribution in [0.25, 0.3) is 0 Å². The third kappa shape index (κ3) is 2.26. The van der Waals surface area contributed by atoms with Crippen molar-refractivity contribution < 1.29 is 4.79 Å². The molecule has 2 N–H and O–H groups in total. The Kier molecular flexibility index (Phi) is 2.55. The molecule has 0 aliphatic heterocycles. The second-order valence-corrected chi connectivity index (χ2v) is 3.35. The number of aromatic nitrogens is 3. The molecule has 0 radical (unpaired) electrons. The topological polar surface area (TPSA) is 87.7 Å². The van der Waals surface area contributed by atoms with Gasteiger partial charge < -0.3 is 5.32 Å². The molecule has 0 aliphatic rings. The van der Waals surface area contributed by atoms with Crippen LogP contribution in [0.3, 0.4) is 0 Å². The van der Waals surface area contributed by atoms with E-state index in [1.165, 1.54) is 23.5 Å². The Morgan fingerprint density at radius 2 is 2.33 bits per heavy atom. The van der Waals surface area contributed by atoms with Gasteiger partial charge in [0.25, 0.3) is 11.5 Å². The summed E-state index contributed by atoms with van der Waals surface area (Å²) < 4.78 is 0. The van der Waals surface area contributed by atoms with Crippen LogP contribution < -0.4 is 10.9 Å². The summed E-state index contributed by atoms with van der Waals surface area (Å²) in [6.45, 7) is 0. The molecule has 2 heterocycles. The lowest BCUT2D eigenvalue weighted by Crippen LogP contribution is -2.15. The largest absolute Gasteiger partial charge is 0.304 e. The Morgan fingerprint density at radius 3 is 2.93 bits per heavy atom. The molecule has 15 heavy (non-hydrogen) atoms. The molecule has 0 aromatic carbocycles. The summed E-state index contributed by atoms with van der Waals surface area (Å²) in [6.07, 6.45) is 0. The molecule has 2 rings (SSSR count). The van der Waals surface area contributed by atoms with Crippen molar-refractivity contribution in [3.8, 4) is 0 Å². The van der Waals surface area contributed by atoms with Crippen LogP contribution in [-0.4, -0.2) is 21.1 Å². The molecule has 0 saturated carbocycles. The molecule has 2 aromatic rings. The maximum Gasteiger partial charge on any atom is 0.276 e. The molecule has 2 aromatic heterocycles. The van der Waals surface area contributed by atoms with Gasteiger partial charge in [0, 0.05) is 11.4 Å². The minimum absolute atomic E-state index is 0.285. The minimum Gasteiger partial charge on any atom is -0.304 e. The fourth-order valence-corrected chi connectivity index (χ4v) is 1.45. The molecule has 0 bridgehead atoms. The summed E-state index contributed by atoms with van der Waals surface area (Å²) in [5, 5.41) is 9.97. The summed E-state index contributed by atoms with van der Waals surface area (Å²) >= 11 is 1.33. The number of nitrogens with zero attached hydrogens (tertiary/aromatic N) is 2. The van der Waals surface area contributed by atoms with E-state index in [2.05, 4.69) is 20.5 Å². The van der Waals surface area contributed by atoms with Crippen LogP contribution in [0.15, 0.2) is 27.8 Å². The van der Waals surface area contributed by atoms with Crippen molar-refractivity contribution in [3.63, 3.8) is 0 Å². The van der Waals surface area contributed by atoms with E-state index in [0.29, 0.717) is 5.69 Å². The van der Waals surface area contributed by atoms with Gasteiger partial charge >= 0.3 is 0 Å². The highest BCUT2D eigenvalue weighted by Gasteiger charge is 2.07. The van der Waals surface area contributed by atoms with Gasteiger partial charge in [0.2, 0.25) is 0 Å². The molecular weight excluding hydrogens is 216 g/mol. The van der Waals surface area contributed by atoms with Crippen LogP contribution in [0.1, 0.15) is 10.5 Å². The first-order valence-corrected chi connectivity index (χ1v) is 4.95. The van der Waals surface area contributed by atoms with Crippen LogP contribution in [0.2, 0.25) is 0 Å². The van der Waals surface area contributed by atoms with Gasteiger partial charge in [0.15, 0.2) is 5.82 Å². The predicted octanol–water partition coefficient (Wildman–Crippen LogP) is 0.479. The lowest BCUT2D eigenvalue weighted by Gasteiger charge is -1.99. The van der Waals surface area contributed by atoms with Crippen LogP contribution in [0, 0.1) is 0 Å². The Bertz CT molecular complexity index is 499. The standard InChI is InChI=1S/C8H6N4O2S/c13-7-2-1-6(11-12-7)10-8(14)5-3-15-4-9-5/h1-4H,(H,12,13)(H,10,11,14). The number of amides is 1. The molecular formula is C8H6N4O2S. The summed E-state index contributed by atoms with van der Waals surface area (Å²) in [4.78, 5) is 26.0. The van der Waals surface area contributed by atoms with Gasteiger partial charge in [-0.1, -0.05) is 0 Å². The highest BCUT2D eigenvalue weighted by atomic mass is 32.1. The first-order valence-electron chi connectivity index (χ1n) is 4.01. The average molecular weight is 222 g/mol. The van der Waals surface area contributed by atoms with Crippen molar-refractivity contribution in [2.75, 3.05) is 5.32 Å². The zero-order valence-electron chi connectivity index (χ0n) is 7.43. The number of nitrogens with one attached hydrogen (secondary N) is 2. The molecule has 0 saturated heterocycles. The smallest absolute Gasteiger partial charge is 0.276 e. The van der Waals surface area contributed by atoms with Gasteiger partial charge in [-0.15, -0.1) is 11.3 Å². The Morgan fingerprint density at radius 1 is 1.47 bits per heavy atom. The monoisotopic (exact) mass is 222 g/mol. The van der Waals surface area contributed by atoms with Gasteiger partial charge in [-0.25, -0.2) is 10.1 Å². The van der Waals surface area contributed by atoms with Gasteiger partial charge in [0.1, 0.15) is 5.69 Å². The number of carbonyl (C=O) groups is 1. The Balaban J connectivity index is 2.13. The normalized spacial score (nSPS) is 9.87. The maximum atomic E-state index is 11.5. The van der Waals surface area contributed by atoms with Crippen molar-refractivity contribution in [3.05, 3.63) is 39.1 Å². The summed E-state index contributed by atoms with van der Waals surface area (Å²) in [6, 6.07) is 2.70. The van der Waals surface area contributed by atoms with Gasteiger partial charge in [-0.05, 0) is 6.07 Å². The zero-order valence-corrected chi connectivity index (χ0v) is 8.25. The first-order chi connectivity index (χ1) is 7.25. The summed E-state index contributed by atoms with van der Waals surface area (Å²) in [7, 11) is 0. The van der Waals surface area contributed by atoms with Crippen molar-refractivity contribution in [1.82, 2.24) is 15.2 Å². The van der Waals surface area contributed by atoms with E-state index in [1.807, 2.05) is 0 Å². The number of aromatic amines is 1. The number of hydrogen-bond acceptors (Lipinski definition) is 5. The van der Waals surface area contributed by atoms with Crippen LogP contribution >= 0.6 is 11.3 Å². The minimum atomic E-state index is -0.351. The van der Waals surface area contributed by atoms with Crippen molar-refractivity contribution in [1.29, 1.82) is 0 Å². The Labute approximate surface area is 88.0 Å². The summed E-state index contributed by atoms with van der Waals surface area (Å²) in [5.74, 6) is -0.0663. The molecule has 0 aliphatic carbocycles. The molecule has 0 unspecified atom stereocenters. The summed E-state index contributed by atoms with van der Waals surface area (Å²) in [5.41, 5.74) is 1.57. The van der Waals surface area contributed by atoms with Crippen LogP contribution in [-0.2, 0) is 0 Å². The molecule has 6 nitrogen and oxygen atoms in total. The molecule has 0 atom stereocenters. The quantitative estimate of drug-likeness (QED) is 0.773. The lowest BCUT2D eigenvalue weighted by molar-refractivity contribution is 0.102. The highest BCUT2D eigenvalue weighted by Crippen LogP contribution is 2.04. The molecule has 0 spiro atoms. The third-order valence-electron chi connectivity index (χ3n) is 1.59. The second-order valence-electron chi connectivity index (χ2n) is 2.63. The van der Waals surface area contributed by atoms with E-state index in [1.54, 1.807) is 10.9 Å². The SMILES string of the molecule is O=C(Nc1ccc(=O)[nH]n1)c1cscn1. The number of carbonyl (C=O) groups excluding carboxylic acids is 1. The fraction of sp³-hybridized carbons (Fsp3) is 0. The Hall–Kier alpha value is -2.02. The number of H-pyrrole nitrogens is 1. The first kappa shape index (κ1) is 9.53. The predicted molar refractivity (Wildman–Crippen MR) is 54.9 cm³/mol. The van der Waals surface area contributed by atoms with E-state index in [9.17, 15) is 9.59 Å². The second kappa shape index (κ2) is 4.01. The number of hydrogen-bond donors (Lipinski definition) is 2. The number of thiazole rings is 1. The van der Waals surface area contributed by atoms with Crippen molar-refractivity contribution in [2.45, 2.75) is 0 Å². The maximum absolute atomic E-state index is 11.5. The molecule has 0 fully saturated rings.